The molecule has 0 bridgehead atoms. The average molecular weight is 254 g/mol. The fourth-order valence-electron chi connectivity index (χ4n) is 1.97. The van der Waals surface area contributed by atoms with Crippen molar-refractivity contribution < 1.29 is 4.74 Å². The highest BCUT2D eigenvalue weighted by atomic mass is 16.5. The van der Waals surface area contributed by atoms with Gasteiger partial charge in [-0.25, -0.2) is 0 Å². The van der Waals surface area contributed by atoms with Crippen molar-refractivity contribution in [1.29, 1.82) is 0 Å². The number of nitrogens with zero attached hydrogens (tertiary/aromatic N) is 1. The van der Waals surface area contributed by atoms with Crippen LogP contribution in [0, 0.1) is 0 Å². The Hall–Kier alpha value is -2.69. The van der Waals surface area contributed by atoms with Crippen molar-refractivity contribution in [2.75, 3.05) is 18.2 Å². The lowest BCUT2D eigenvalue weighted by molar-refractivity contribution is 0.415. The summed E-state index contributed by atoms with van der Waals surface area (Å²) < 4.78 is 5.19. The number of nitrogens with two attached hydrogens (primary N) is 1. The third kappa shape index (κ3) is 2.18. The lowest BCUT2D eigenvalue weighted by Crippen LogP contribution is -1.96. The second-order valence-corrected chi connectivity index (χ2v) is 4.25. The summed E-state index contributed by atoms with van der Waals surface area (Å²) in [5.74, 6) is 0.797. The van der Waals surface area contributed by atoms with E-state index in [2.05, 4.69) is 15.5 Å². The Morgan fingerprint density at radius 1 is 1.26 bits per heavy atom. The normalized spacial score (nSPS) is 10.6. The molecule has 5 nitrogen and oxygen atoms in total. The molecule has 0 aliphatic rings. The number of ether oxygens (including phenoxy) is 1. The number of rotatable bonds is 3. The number of aromatic nitrogens is 2. The summed E-state index contributed by atoms with van der Waals surface area (Å²) >= 11 is 0. The van der Waals surface area contributed by atoms with E-state index in [1.807, 2.05) is 36.4 Å². The van der Waals surface area contributed by atoms with Crippen LogP contribution in [0.4, 0.5) is 17.1 Å². The van der Waals surface area contributed by atoms with E-state index in [0.717, 1.165) is 28.0 Å². The Labute approximate surface area is 110 Å². The van der Waals surface area contributed by atoms with Crippen molar-refractivity contribution in [1.82, 2.24) is 10.2 Å². The van der Waals surface area contributed by atoms with E-state index >= 15 is 0 Å². The van der Waals surface area contributed by atoms with Gasteiger partial charge in [0.1, 0.15) is 5.75 Å². The quantitative estimate of drug-likeness (QED) is 0.628. The molecule has 5 heteroatoms. The number of anilines is 3. The summed E-state index contributed by atoms with van der Waals surface area (Å²) in [5, 5.41) is 11.2. The van der Waals surface area contributed by atoms with Gasteiger partial charge in [-0.2, -0.15) is 5.10 Å². The highest BCUT2D eigenvalue weighted by Gasteiger charge is 2.04. The van der Waals surface area contributed by atoms with Crippen LogP contribution in [-0.4, -0.2) is 17.3 Å². The number of nitrogens with one attached hydrogen (secondary N) is 2. The lowest BCUT2D eigenvalue weighted by Gasteiger charge is -2.10. The Bertz CT molecular complexity index is 720. The fraction of sp³-hybridized carbons (Fsp3) is 0.0714. The van der Waals surface area contributed by atoms with Gasteiger partial charge in [-0.3, -0.25) is 5.10 Å². The van der Waals surface area contributed by atoms with Crippen molar-refractivity contribution in [2.24, 2.45) is 0 Å². The molecule has 1 heterocycles. The molecular formula is C14H14N4O. The van der Waals surface area contributed by atoms with Gasteiger partial charge >= 0.3 is 0 Å². The van der Waals surface area contributed by atoms with Gasteiger partial charge in [0.15, 0.2) is 0 Å². The van der Waals surface area contributed by atoms with Crippen LogP contribution < -0.4 is 15.8 Å². The minimum Gasteiger partial charge on any atom is -0.497 e. The highest BCUT2D eigenvalue weighted by molar-refractivity contribution is 5.89. The number of benzene rings is 2. The zero-order chi connectivity index (χ0) is 13.2. The molecule has 0 atom stereocenters. The minimum atomic E-state index is 0.678. The molecule has 19 heavy (non-hydrogen) atoms. The predicted octanol–water partition coefficient (Wildman–Crippen LogP) is 2.90. The van der Waals surface area contributed by atoms with Crippen LogP contribution in [0.5, 0.6) is 5.75 Å². The average Bonchev–Trinajstić information content (AvgIpc) is 2.86. The molecule has 96 valence electrons. The molecule has 3 aromatic rings. The molecule has 0 unspecified atom stereocenters. The molecule has 0 aliphatic carbocycles. The van der Waals surface area contributed by atoms with Crippen LogP contribution in [0.2, 0.25) is 0 Å². The van der Waals surface area contributed by atoms with Crippen LogP contribution in [0.15, 0.2) is 42.6 Å². The Morgan fingerprint density at radius 3 is 3.00 bits per heavy atom. The summed E-state index contributed by atoms with van der Waals surface area (Å²) in [7, 11) is 1.64. The molecular weight excluding hydrogens is 240 g/mol. The summed E-state index contributed by atoms with van der Waals surface area (Å²) in [6.07, 6.45) is 1.75. The van der Waals surface area contributed by atoms with E-state index in [1.54, 1.807) is 13.3 Å². The zero-order valence-corrected chi connectivity index (χ0v) is 10.5. The number of nitrogen functional groups attached to an aromatic ring is 1. The summed E-state index contributed by atoms with van der Waals surface area (Å²) in [5.41, 5.74) is 9.41. The monoisotopic (exact) mass is 254 g/mol. The smallest absolute Gasteiger partial charge is 0.120 e. The van der Waals surface area contributed by atoms with Crippen LogP contribution in [0.25, 0.3) is 10.9 Å². The van der Waals surface area contributed by atoms with Gasteiger partial charge in [0.05, 0.1) is 30.2 Å². The van der Waals surface area contributed by atoms with E-state index in [1.165, 1.54) is 0 Å². The fourth-order valence-corrected chi connectivity index (χ4v) is 1.97. The number of hydrogen-bond donors (Lipinski definition) is 3. The molecule has 1 aromatic heterocycles. The first kappa shape index (κ1) is 11.4. The van der Waals surface area contributed by atoms with Crippen LogP contribution in [0.1, 0.15) is 0 Å². The van der Waals surface area contributed by atoms with Gasteiger partial charge in [-0.05, 0) is 24.3 Å². The standard InChI is InChI=1S/C14H14N4O/c1-19-11-4-2-3-10(6-11)17-14-7-13-9(5-12(14)15)8-16-18-13/h2-8,17H,15H2,1H3,(H,16,18). The van der Waals surface area contributed by atoms with Gasteiger partial charge in [0.2, 0.25) is 0 Å². The highest BCUT2D eigenvalue weighted by Crippen LogP contribution is 2.28. The second kappa shape index (κ2) is 4.53. The summed E-state index contributed by atoms with van der Waals surface area (Å²) in [4.78, 5) is 0. The van der Waals surface area contributed by atoms with Gasteiger partial charge in [0, 0.05) is 17.1 Å². The van der Waals surface area contributed by atoms with Crippen molar-refractivity contribution in [3.05, 3.63) is 42.6 Å². The molecule has 0 saturated carbocycles. The number of hydrogen-bond acceptors (Lipinski definition) is 4. The zero-order valence-electron chi connectivity index (χ0n) is 10.5. The molecule has 0 spiro atoms. The molecule has 3 rings (SSSR count). The number of aromatic amines is 1. The molecule has 0 saturated heterocycles. The van der Waals surface area contributed by atoms with Gasteiger partial charge in [-0.15, -0.1) is 0 Å². The second-order valence-electron chi connectivity index (χ2n) is 4.25. The summed E-state index contributed by atoms with van der Waals surface area (Å²) in [6.45, 7) is 0. The number of methoxy groups -OCH3 is 1. The van der Waals surface area contributed by atoms with Gasteiger partial charge in [-0.1, -0.05) is 6.07 Å². The molecule has 0 fully saturated rings. The first-order chi connectivity index (χ1) is 9.26. The van der Waals surface area contributed by atoms with E-state index < -0.39 is 0 Å². The maximum Gasteiger partial charge on any atom is 0.120 e. The molecule has 2 aromatic carbocycles. The van der Waals surface area contributed by atoms with E-state index in [4.69, 9.17) is 10.5 Å². The van der Waals surface area contributed by atoms with Crippen molar-refractivity contribution in [3.63, 3.8) is 0 Å². The van der Waals surface area contributed by atoms with E-state index in [9.17, 15) is 0 Å². The Morgan fingerprint density at radius 2 is 2.16 bits per heavy atom. The minimum absolute atomic E-state index is 0.678. The Kier molecular flexibility index (Phi) is 2.72. The van der Waals surface area contributed by atoms with Gasteiger partial charge in [0.25, 0.3) is 0 Å². The lowest BCUT2D eigenvalue weighted by atomic mass is 10.2. The predicted molar refractivity (Wildman–Crippen MR) is 76.8 cm³/mol. The SMILES string of the molecule is COc1cccc(Nc2cc3[nH]ncc3cc2N)c1. The first-order valence-corrected chi connectivity index (χ1v) is 5.90. The maximum atomic E-state index is 6.03. The largest absolute Gasteiger partial charge is 0.497 e. The Balaban J connectivity index is 1.97. The topological polar surface area (TPSA) is 76.0 Å². The molecule has 0 aliphatic heterocycles. The van der Waals surface area contributed by atoms with Gasteiger partial charge < -0.3 is 15.8 Å². The molecule has 4 N–H and O–H groups in total. The number of fused-ring (bicyclic) bond motifs is 1. The van der Waals surface area contributed by atoms with Crippen LogP contribution in [-0.2, 0) is 0 Å². The van der Waals surface area contributed by atoms with E-state index in [-0.39, 0.29) is 0 Å². The van der Waals surface area contributed by atoms with Crippen molar-refractivity contribution in [2.45, 2.75) is 0 Å². The van der Waals surface area contributed by atoms with Crippen molar-refractivity contribution in [3.8, 4) is 5.75 Å². The number of H-pyrrole nitrogens is 1. The van der Waals surface area contributed by atoms with E-state index in [0.29, 0.717) is 5.69 Å². The molecule has 0 amide bonds. The summed E-state index contributed by atoms with van der Waals surface area (Å²) in [6, 6.07) is 11.5. The third-order valence-corrected chi connectivity index (χ3v) is 2.96. The first-order valence-electron chi connectivity index (χ1n) is 5.90. The van der Waals surface area contributed by atoms with Crippen molar-refractivity contribution >= 4 is 28.0 Å². The maximum absolute atomic E-state index is 6.03. The van der Waals surface area contributed by atoms with Crippen LogP contribution in [0.3, 0.4) is 0 Å². The molecule has 0 radical (unpaired) electrons. The van der Waals surface area contributed by atoms with Crippen LogP contribution >= 0.6 is 0 Å². The third-order valence-electron chi connectivity index (χ3n) is 2.96.